The molecule has 0 aliphatic heterocycles. The lowest BCUT2D eigenvalue weighted by molar-refractivity contribution is -0.145. The van der Waals surface area contributed by atoms with Gasteiger partial charge in [0.15, 0.2) is 11.2 Å². The number of carboxylic acids is 1. The number of hydrogen-bond acceptors (Lipinski definition) is 5. The van der Waals surface area contributed by atoms with Gasteiger partial charge in [0.1, 0.15) is 5.56 Å². The highest BCUT2D eigenvalue weighted by Gasteiger charge is 2.36. The van der Waals surface area contributed by atoms with Gasteiger partial charge in [0, 0.05) is 19.5 Å². The molecule has 2 aromatic rings. The molecule has 8 heteroatoms. The molecule has 0 saturated heterocycles. The number of aliphatic carboxylic acids is 1. The zero-order chi connectivity index (χ0) is 14.8. The molecule has 1 unspecified atom stereocenters. The Labute approximate surface area is 114 Å². The number of methoxy groups -OCH3 is 1. The molecule has 0 fully saturated rings. The second kappa shape index (κ2) is 5.25. The number of carbonyl (C=O) groups is 2. The first-order valence-electron chi connectivity index (χ1n) is 5.81. The van der Waals surface area contributed by atoms with Crippen LogP contribution in [-0.2, 0) is 9.53 Å². The largest absolute Gasteiger partial charge is 0.479 e. The fraction of sp³-hybridized carbons (Fsp3) is 0.333. The molecule has 0 radical (unpaired) electrons. The molecule has 1 atom stereocenters. The Kier molecular flexibility index (Phi) is 3.66. The van der Waals surface area contributed by atoms with E-state index in [1.807, 2.05) is 0 Å². The van der Waals surface area contributed by atoms with Crippen molar-refractivity contribution in [3.05, 3.63) is 30.2 Å². The number of nitrogens with one attached hydrogen (secondary N) is 1. The molecular formula is C12H14N4O4. The summed E-state index contributed by atoms with van der Waals surface area (Å²) in [5, 5.41) is 15.6. The summed E-state index contributed by atoms with van der Waals surface area (Å²) in [6.07, 6.45) is 4.51. The van der Waals surface area contributed by atoms with Crippen molar-refractivity contribution in [3.63, 3.8) is 0 Å². The monoisotopic (exact) mass is 278 g/mol. The Hall–Kier alpha value is -2.48. The number of fused-ring (bicyclic) bond motifs is 1. The standard InChI is InChI=1S/C12H14N4O4/c1-12(7-20-2,11(18)19)15-10(17)8-6-14-16-5-3-4-13-9(8)16/h3-6H,7H2,1-2H3,(H,15,17)(H,18,19). The van der Waals surface area contributed by atoms with E-state index in [1.165, 1.54) is 30.9 Å². The van der Waals surface area contributed by atoms with Crippen molar-refractivity contribution in [2.75, 3.05) is 13.7 Å². The third-order valence-electron chi connectivity index (χ3n) is 2.82. The van der Waals surface area contributed by atoms with E-state index in [-0.39, 0.29) is 12.2 Å². The van der Waals surface area contributed by atoms with Crippen LogP contribution in [-0.4, -0.2) is 50.8 Å². The van der Waals surface area contributed by atoms with Crippen molar-refractivity contribution in [1.29, 1.82) is 0 Å². The van der Waals surface area contributed by atoms with Gasteiger partial charge in [-0.1, -0.05) is 0 Å². The summed E-state index contributed by atoms with van der Waals surface area (Å²) in [6, 6.07) is 1.67. The average molecular weight is 278 g/mol. The first-order chi connectivity index (χ1) is 9.48. The third kappa shape index (κ3) is 2.45. The summed E-state index contributed by atoms with van der Waals surface area (Å²) < 4.78 is 6.28. The van der Waals surface area contributed by atoms with Gasteiger partial charge in [0.25, 0.3) is 5.91 Å². The van der Waals surface area contributed by atoms with E-state index in [4.69, 9.17) is 4.74 Å². The normalized spacial score (nSPS) is 13.9. The van der Waals surface area contributed by atoms with Gasteiger partial charge >= 0.3 is 5.97 Å². The van der Waals surface area contributed by atoms with Crippen molar-refractivity contribution in [1.82, 2.24) is 19.9 Å². The number of amides is 1. The highest BCUT2D eigenvalue weighted by Crippen LogP contribution is 2.11. The Balaban J connectivity index is 2.29. The minimum absolute atomic E-state index is 0.152. The summed E-state index contributed by atoms with van der Waals surface area (Å²) in [5.74, 6) is -1.75. The molecule has 8 nitrogen and oxygen atoms in total. The van der Waals surface area contributed by atoms with Crippen molar-refractivity contribution in [2.45, 2.75) is 12.5 Å². The summed E-state index contributed by atoms with van der Waals surface area (Å²) >= 11 is 0. The van der Waals surface area contributed by atoms with E-state index in [0.717, 1.165) is 0 Å². The first kappa shape index (κ1) is 13.9. The van der Waals surface area contributed by atoms with Crippen LogP contribution >= 0.6 is 0 Å². The molecule has 2 heterocycles. The van der Waals surface area contributed by atoms with Crippen molar-refractivity contribution in [2.24, 2.45) is 0 Å². The number of rotatable bonds is 5. The van der Waals surface area contributed by atoms with Crippen LogP contribution in [0, 0.1) is 0 Å². The highest BCUT2D eigenvalue weighted by molar-refractivity contribution is 6.02. The number of carboxylic acid groups (broad SMARTS) is 1. The van der Waals surface area contributed by atoms with E-state index >= 15 is 0 Å². The molecule has 2 aromatic heterocycles. The summed E-state index contributed by atoms with van der Waals surface area (Å²) in [7, 11) is 1.37. The maximum atomic E-state index is 12.2. The second-order valence-corrected chi connectivity index (χ2v) is 4.47. The Bertz CT molecular complexity index is 654. The fourth-order valence-electron chi connectivity index (χ4n) is 1.75. The molecule has 1 amide bonds. The van der Waals surface area contributed by atoms with Gasteiger partial charge in [-0.15, -0.1) is 0 Å². The van der Waals surface area contributed by atoms with E-state index in [0.29, 0.717) is 5.65 Å². The van der Waals surface area contributed by atoms with Gasteiger partial charge in [0.05, 0.1) is 12.8 Å². The van der Waals surface area contributed by atoms with E-state index in [1.54, 1.807) is 12.3 Å². The number of aromatic nitrogens is 3. The Morgan fingerprint density at radius 3 is 2.95 bits per heavy atom. The molecule has 20 heavy (non-hydrogen) atoms. The zero-order valence-corrected chi connectivity index (χ0v) is 11.0. The van der Waals surface area contributed by atoms with Gasteiger partial charge in [0.2, 0.25) is 0 Å². The third-order valence-corrected chi connectivity index (χ3v) is 2.82. The number of hydrogen-bond donors (Lipinski definition) is 2. The van der Waals surface area contributed by atoms with Gasteiger partial charge in [-0.2, -0.15) is 5.10 Å². The quantitative estimate of drug-likeness (QED) is 0.794. The number of nitrogens with zero attached hydrogens (tertiary/aromatic N) is 3. The van der Waals surface area contributed by atoms with Gasteiger partial charge in [-0.25, -0.2) is 14.3 Å². The van der Waals surface area contributed by atoms with Crippen LogP contribution in [0.5, 0.6) is 0 Å². The highest BCUT2D eigenvalue weighted by atomic mass is 16.5. The molecule has 0 aliphatic carbocycles. The van der Waals surface area contributed by atoms with E-state index in [9.17, 15) is 14.7 Å². The summed E-state index contributed by atoms with van der Waals surface area (Å²) in [4.78, 5) is 27.5. The van der Waals surface area contributed by atoms with Gasteiger partial charge in [-0.3, -0.25) is 4.79 Å². The van der Waals surface area contributed by atoms with Crippen molar-refractivity contribution < 1.29 is 19.4 Å². The predicted octanol–water partition coefficient (Wildman–Crippen LogP) is -0.0512. The molecular weight excluding hydrogens is 264 g/mol. The van der Waals surface area contributed by atoms with E-state index < -0.39 is 17.4 Å². The van der Waals surface area contributed by atoms with E-state index in [2.05, 4.69) is 15.4 Å². The first-order valence-corrected chi connectivity index (χ1v) is 5.81. The van der Waals surface area contributed by atoms with Crippen LogP contribution in [0.15, 0.2) is 24.7 Å². The Morgan fingerprint density at radius 1 is 1.55 bits per heavy atom. The molecule has 0 saturated carbocycles. The molecule has 0 bridgehead atoms. The van der Waals surface area contributed by atoms with Crippen LogP contribution in [0.4, 0.5) is 0 Å². The molecule has 0 spiro atoms. The second-order valence-electron chi connectivity index (χ2n) is 4.47. The van der Waals surface area contributed by atoms with Crippen LogP contribution in [0.2, 0.25) is 0 Å². The topological polar surface area (TPSA) is 106 Å². The minimum atomic E-state index is -1.52. The molecule has 2 rings (SSSR count). The van der Waals surface area contributed by atoms with Crippen LogP contribution < -0.4 is 5.32 Å². The molecule has 2 N–H and O–H groups in total. The fourth-order valence-corrected chi connectivity index (χ4v) is 1.75. The van der Waals surface area contributed by atoms with Crippen molar-refractivity contribution in [3.8, 4) is 0 Å². The minimum Gasteiger partial charge on any atom is -0.479 e. The number of ether oxygens (including phenoxy) is 1. The van der Waals surface area contributed by atoms with Crippen LogP contribution in [0.25, 0.3) is 5.65 Å². The maximum absolute atomic E-state index is 12.2. The molecule has 0 aliphatic rings. The van der Waals surface area contributed by atoms with Gasteiger partial charge in [-0.05, 0) is 13.0 Å². The average Bonchev–Trinajstić information content (AvgIpc) is 2.82. The zero-order valence-electron chi connectivity index (χ0n) is 11.0. The summed E-state index contributed by atoms with van der Waals surface area (Å²) in [5.41, 5.74) is -0.959. The maximum Gasteiger partial charge on any atom is 0.331 e. The van der Waals surface area contributed by atoms with Crippen LogP contribution in [0.1, 0.15) is 17.3 Å². The molecule has 106 valence electrons. The Morgan fingerprint density at radius 2 is 2.30 bits per heavy atom. The van der Waals surface area contributed by atoms with Crippen molar-refractivity contribution >= 4 is 17.5 Å². The lowest BCUT2D eigenvalue weighted by atomic mass is 10.0. The SMILES string of the molecule is COCC(C)(NC(=O)c1cnn2cccnc12)C(=O)O. The lowest BCUT2D eigenvalue weighted by Gasteiger charge is -2.24. The predicted molar refractivity (Wildman–Crippen MR) is 68.4 cm³/mol. The number of carbonyl (C=O) groups excluding carboxylic acids is 1. The summed E-state index contributed by atoms with van der Waals surface area (Å²) in [6.45, 7) is 1.22. The molecule has 0 aromatic carbocycles. The lowest BCUT2D eigenvalue weighted by Crippen LogP contribution is -2.55. The van der Waals surface area contributed by atoms with Crippen LogP contribution in [0.3, 0.4) is 0 Å². The smallest absolute Gasteiger partial charge is 0.331 e. The van der Waals surface area contributed by atoms with Gasteiger partial charge < -0.3 is 15.2 Å².